The number of rotatable bonds is 2. The van der Waals surface area contributed by atoms with Crippen LogP contribution in [0.2, 0.25) is 0 Å². The molecule has 5 rings (SSSR count). The SMILES string of the molecule is CC(C)[C@@H]1CC[C@@H](C)CC(=O)N2C[C@H]3C[C@@H](CN(C(=O)c4nc5ncccn5n4)C3)[C@@H]2CCCC(=O)N1. The van der Waals surface area contributed by atoms with Crippen LogP contribution in [-0.2, 0) is 9.59 Å². The molecule has 37 heavy (non-hydrogen) atoms. The zero-order valence-electron chi connectivity index (χ0n) is 22.2. The van der Waals surface area contributed by atoms with Gasteiger partial charge < -0.3 is 15.1 Å². The van der Waals surface area contributed by atoms with Crippen LogP contribution in [0.4, 0.5) is 0 Å². The van der Waals surface area contributed by atoms with Crippen molar-refractivity contribution in [3.63, 3.8) is 0 Å². The molecule has 200 valence electrons. The van der Waals surface area contributed by atoms with Crippen LogP contribution in [0.3, 0.4) is 0 Å². The molecule has 1 N–H and O–H groups in total. The fourth-order valence-electron chi connectivity index (χ4n) is 6.44. The normalized spacial score (nSPS) is 29.8. The molecule has 2 aromatic rings. The van der Waals surface area contributed by atoms with Gasteiger partial charge in [-0.15, -0.1) is 5.10 Å². The van der Waals surface area contributed by atoms with E-state index in [1.807, 2.05) is 4.90 Å². The first-order chi connectivity index (χ1) is 17.8. The number of hydrogen-bond donors (Lipinski definition) is 1. The Morgan fingerprint density at radius 1 is 1.14 bits per heavy atom. The molecule has 0 aromatic carbocycles. The maximum absolute atomic E-state index is 13.5. The first-order valence-electron chi connectivity index (χ1n) is 13.8. The monoisotopic (exact) mass is 509 g/mol. The van der Waals surface area contributed by atoms with Crippen molar-refractivity contribution < 1.29 is 14.4 Å². The molecule has 2 aromatic heterocycles. The molecular formula is C27H39N7O3. The molecule has 10 nitrogen and oxygen atoms in total. The van der Waals surface area contributed by atoms with Gasteiger partial charge in [-0.1, -0.05) is 20.8 Å². The zero-order valence-corrected chi connectivity index (χ0v) is 22.2. The smallest absolute Gasteiger partial charge is 0.293 e. The van der Waals surface area contributed by atoms with Gasteiger partial charge in [0.05, 0.1) is 0 Å². The summed E-state index contributed by atoms with van der Waals surface area (Å²) in [5, 5.41) is 7.57. The second kappa shape index (κ2) is 10.8. The quantitative estimate of drug-likeness (QED) is 0.666. The van der Waals surface area contributed by atoms with Crippen LogP contribution < -0.4 is 5.32 Å². The maximum atomic E-state index is 13.5. The minimum Gasteiger partial charge on any atom is -0.353 e. The molecule has 5 heterocycles. The maximum Gasteiger partial charge on any atom is 0.293 e. The topological polar surface area (TPSA) is 113 Å². The number of carbonyl (C=O) groups excluding carboxylic acids is 3. The van der Waals surface area contributed by atoms with Crippen molar-refractivity contribution in [1.29, 1.82) is 0 Å². The van der Waals surface area contributed by atoms with Gasteiger partial charge in [-0.2, -0.15) is 4.98 Å². The first kappa shape index (κ1) is 25.6. The van der Waals surface area contributed by atoms with Crippen LogP contribution in [0, 0.1) is 23.7 Å². The lowest BCUT2D eigenvalue weighted by Crippen LogP contribution is -2.60. The van der Waals surface area contributed by atoms with E-state index >= 15 is 0 Å². The van der Waals surface area contributed by atoms with E-state index in [0.29, 0.717) is 44.2 Å². The van der Waals surface area contributed by atoms with Gasteiger partial charge in [0.15, 0.2) is 0 Å². The van der Waals surface area contributed by atoms with Crippen molar-refractivity contribution in [3.8, 4) is 0 Å². The van der Waals surface area contributed by atoms with E-state index in [0.717, 1.165) is 32.1 Å². The summed E-state index contributed by atoms with van der Waals surface area (Å²) >= 11 is 0. The molecule has 3 saturated heterocycles. The number of nitrogens with zero attached hydrogens (tertiary/aromatic N) is 6. The number of piperidine rings is 2. The number of carbonyl (C=O) groups is 3. The van der Waals surface area contributed by atoms with Crippen LogP contribution in [-0.4, -0.2) is 78.8 Å². The van der Waals surface area contributed by atoms with Crippen molar-refractivity contribution in [1.82, 2.24) is 34.7 Å². The summed E-state index contributed by atoms with van der Waals surface area (Å²) in [7, 11) is 0. The Morgan fingerprint density at radius 2 is 1.97 bits per heavy atom. The fraction of sp³-hybridized carbons (Fsp3) is 0.704. The molecule has 3 aliphatic rings. The van der Waals surface area contributed by atoms with Crippen molar-refractivity contribution in [2.75, 3.05) is 19.6 Å². The highest BCUT2D eigenvalue weighted by Crippen LogP contribution is 2.37. The summed E-state index contributed by atoms with van der Waals surface area (Å²) in [6.07, 6.45) is 8.68. The summed E-state index contributed by atoms with van der Waals surface area (Å²) in [5.41, 5.74) is 0. The highest BCUT2D eigenvalue weighted by atomic mass is 16.2. The van der Waals surface area contributed by atoms with Crippen LogP contribution in [0.15, 0.2) is 18.5 Å². The van der Waals surface area contributed by atoms with E-state index in [2.05, 4.69) is 46.1 Å². The molecule has 3 amide bonds. The van der Waals surface area contributed by atoms with E-state index in [1.165, 1.54) is 4.52 Å². The Hall–Kier alpha value is -3.04. The summed E-state index contributed by atoms with van der Waals surface area (Å²) in [4.78, 5) is 52.1. The predicted molar refractivity (Wildman–Crippen MR) is 137 cm³/mol. The average molecular weight is 510 g/mol. The molecule has 2 bridgehead atoms. The number of likely N-dealkylation sites (tertiary alicyclic amines) is 1. The molecule has 0 unspecified atom stereocenters. The molecule has 0 saturated carbocycles. The third kappa shape index (κ3) is 5.62. The van der Waals surface area contributed by atoms with Gasteiger partial charge in [0, 0.05) is 57.0 Å². The first-order valence-corrected chi connectivity index (χ1v) is 13.8. The number of nitrogens with one attached hydrogen (secondary N) is 1. The van der Waals surface area contributed by atoms with Gasteiger partial charge in [-0.3, -0.25) is 14.4 Å². The molecular weight excluding hydrogens is 470 g/mol. The van der Waals surface area contributed by atoms with Gasteiger partial charge >= 0.3 is 0 Å². The lowest BCUT2D eigenvalue weighted by molar-refractivity contribution is -0.141. The average Bonchev–Trinajstić information content (AvgIpc) is 3.30. The zero-order chi connectivity index (χ0) is 26.1. The summed E-state index contributed by atoms with van der Waals surface area (Å²) in [5.74, 6) is 1.75. The second-order valence-electron chi connectivity index (χ2n) is 11.7. The van der Waals surface area contributed by atoms with Crippen LogP contribution >= 0.6 is 0 Å². The lowest BCUT2D eigenvalue weighted by atomic mass is 9.77. The van der Waals surface area contributed by atoms with E-state index in [4.69, 9.17) is 0 Å². The van der Waals surface area contributed by atoms with Crippen molar-refractivity contribution >= 4 is 23.5 Å². The molecule has 10 heteroatoms. The van der Waals surface area contributed by atoms with Crippen molar-refractivity contribution in [3.05, 3.63) is 24.3 Å². The van der Waals surface area contributed by atoms with E-state index in [9.17, 15) is 14.4 Å². The Labute approximate surface area is 218 Å². The largest absolute Gasteiger partial charge is 0.353 e. The van der Waals surface area contributed by atoms with Crippen molar-refractivity contribution in [2.24, 2.45) is 23.7 Å². The van der Waals surface area contributed by atoms with Crippen LogP contribution in [0.1, 0.15) is 76.3 Å². The number of amides is 3. The minimum atomic E-state index is -0.183. The Morgan fingerprint density at radius 3 is 2.76 bits per heavy atom. The van der Waals surface area contributed by atoms with Gasteiger partial charge in [0.25, 0.3) is 11.7 Å². The highest BCUT2D eigenvalue weighted by molar-refractivity contribution is 5.91. The van der Waals surface area contributed by atoms with Gasteiger partial charge in [0.1, 0.15) is 0 Å². The van der Waals surface area contributed by atoms with Crippen LogP contribution in [0.5, 0.6) is 0 Å². The number of aromatic nitrogens is 4. The predicted octanol–water partition coefficient (Wildman–Crippen LogP) is 2.54. The Bertz CT molecular complexity index is 1110. The molecule has 0 spiro atoms. The third-order valence-electron chi connectivity index (χ3n) is 8.43. The lowest BCUT2D eigenvalue weighted by Gasteiger charge is -2.51. The highest BCUT2D eigenvalue weighted by Gasteiger charge is 2.44. The molecule has 5 atom stereocenters. The van der Waals surface area contributed by atoms with Crippen LogP contribution in [0.25, 0.3) is 5.78 Å². The van der Waals surface area contributed by atoms with E-state index in [-0.39, 0.29) is 53.4 Å². The third-order valence-corrected chi connectivity index (χ3v) is 8.43. The molecule has 3 fully saturated rings. The number of fused-ring (bicyclic) bond motifs is 5. The summed E-state index contributed by atoms with van der Waals surface area (Å²) in [6.45, 7) is 8.27. The van der Waals surface area contributed by atoms with E-state index in [1.54, 1.807) is 18.5 Å². The van der Waals surface area contributed by atoms with E-state index < -0.39 is 0 Å². The molecule has 3 aliphatic heterocycles. The van der Waals surface area contributed by atoms with Gasteiger partial charge in [-0.05, 0) is 61.8 Å². The summed E-state index contributed by atoms with van der Waals surface area (Å²) < 4.78 is 1.52. The summed E-state index contributed by atoms with van der Waals surface area (Å²) in [6, 6.07) is 1.94. The van der Waals surface area contributed by atoms with Crippen molar-refractivity contribution in [2.45, 2.75) is 77.8 Å². The second-order valence-corrected chi connectivity index (χ2v) is 11.7. The standard InChI is InChI=1S/C27H39N7O3/c1-17(2)21-9-8-18(3)12-24(36)33-15-19-13-20(22(33)6-4-7-23(35)29-21)16-32(14-19)26(37)25-30-27-28-10-5-11-34(27)31-25/h5,10-11,17-22H,4,6-9,12-16H2,1-3H3,(H,29,35)/t18-,19+,20+,21+,22+/m1/s1. The fourth-order valence-corrected chi connectivity index (χ4v) is 6.44. The van der Waals surface area contributed by atoms with Gasteiger partial charge in [0.2, 0.25) is 17.6 Å². The molecule has 0 radical (unpaired) electrons. The minimum absolute atomic E-state index is 0.0386. The molecule has 0 aliphatic carbocycles. The van der Waals surface area contributed by atoms with Gasteiger partial charge in [-0.25, -0.2) is 9.50 Å². The number of hydrogen-bond acceptors (Lipinski definition) is 6. The Kier molecular flexibility index (Phi) is 7.44. The Balaban J connectivity index is 1.33.